The number of methoxy groups -OCH3 is 1. The van der Waals surface area contributed by atoms with Gasteiger partial charge in [0.1, 0.15) is 0 Å². The van der Waals surface area contributed by atoms with E-state index in [1.54, 1.807) is 17.0 Å². The van der Waals surface area contributed by atoms with Gasteiger partial charge in [0, 0.05) is 31.4 Å². The van der Waals surface area contributed by atoms with Crippen LogP contribution in [0.4, 0.5) is 0 Å². The average Bonchev–Trinajstić information content (AvgIpc) is 2.24. The summed E-state index contributed by atoms with van der Waals surface area (Å²) in [6.07, 6.45) is 1.52. The lowest BCUT2D eigenvalue weighted by atomic mass is 10.1. The van der Waals surface area contributed by atoms with E-state index in [1.807, 2.05) is 0 Å². The van der Waals surface area contributed by atoms with Crippen LogP contribution in [0.1, 0.15) is 10.4 Å². The fraction of sp³-hybridized carbons (Fsp3) is 0.400. The van der Waals surface area contributed by atoms with E-state index in [9.17, 15) is 4.79 Å². The van der Waals surface area contributed by atoms with Crippen LogP contribution < -0.4 is 10.5 Å². The molecule has 0 aromatic carbocycles. The predicted molar refractivity (Wildman–Crippen MR) is 54.7 cm³/mol. The van der Waals surface area contributed by atoms with Crippen LogP contribution in [-0.2, 0) is 0 Å². The Bertz CT molecular complexity index is 357. The van der Waals surface area contributed by atoms with Crippen LogP contribution in [0.25, 0.3) is 0 Å². The third kappa shape index (κ3) is 1.92. The molecule has 0 radical (unpaired) electrons. The Hall–Kier alpha value is -1.62. The van der Waals surface area contributed by atoms with Gasteiger partial charge in [0.25, 0.3) is 5.91 Å². The van der Waals surface area contributed by atoms with E-state index in [1.165, 1.54) is 13.3 Å². The summed E-state index contributed by atoms with van der Waals surface area (Å²) in [5.74, 6) is 0.485. The van der Waals surface area contributed by atoms with Gasteiger partial charge >= 0.3 is 0 Å². The molecule has 2 rings (SSSR count). The molecule has 1 amide bonds. The molecule has 2 heterocycles. The van der Waals surface area contributed by atoms with Crippen LogP contribution in [0.5, 0.6) is 5.88 Å². The molecule has 1 saturated heterocycles. The Kier molecular flexibility index (Phi) is 2.55. The highest BCUT2D eigenvalue weighted by Crippen LogP contribution is 2.13. The number of hydrogen-bond acceptors (Lipinski definition) is 4. The number of ether oxygens (including phenoxy) is 1. The summed E-state index contributed by atoms with van der Waals surface area (Å²) >= 11 is 0. The van der Waals surface area contributed by atoms with Crippen molar-refractivity contribution in [2.45, 2.75) is 6.04 Å². The Labute approximate surface area is 87.8 Å². The van der Waals surface area contributed by atoms with Crippen molar-refractivity contribution in [2.75, 3.05) is 20.2 Å². The number of carbonyl (C=O) groups is 1. The highest BCUT2D eigenvalue weighted by molar-refractivity contribution is 5.94. The molecule has 0 spiro atoms. The van der Waals surface area contributed by atoms with Gasteiger partial charge < -0.3 is 15.4 Å². The van der Waals surface area contributed by atoms with Gasteiger partial charge in [-0.1, -0.05) is 0 Å². The quantitative estimate of drug-likeness (QED) is 0.733. The molecular formula is C10H13N3O2. The zero-order chi connectivity index (χ0) is 10.8. The van der Waals surface area contributed by atoms with Gasteiger partial charge in [-0.2, -0.15) is 0 Å². The maximum atomic E-state index is 11.8. The first-order chi connectivity index (χ1) is 7.20. The largest absolute Gasteiger partial charge is 0.481 e. The van der Waals surface area contributed by atoms with Crippen molar-refractivity contribution in [1.29, 1.82) is 0 Å². The Morgan fingerprint density at radius 3 is 2.80 bits per heavy atom. The number of nitrogens with two attached hydrogens (primary N) is 1. The highest BCUT2D eigenvalue weighted by Gasteiger charge is 2.28. The summed E-state index contributed by atoms with van der Waals surface area (Å²) in [5, 5.41) is 0. The van der Waals surface area contributed by atoms with Gasteiger partial charge in [-0.3, -0.25) is 4.79 Å². The number of rotatable bonds is 2. The number of pyridine rings is 1. The summed E-state index contributed by atoms with van der Waals surface area (Å²) in [5.41, 5.74) is 6.17. The fourth-order valence-electron chi connectivity index (χ4n) is 1.49. The second kappa shape index (κ2) is 3.86. The van der Waals surface area contributed by atoms with E-state index in [0.717, 1.165) is 0 Å². The first-order valence-electron chi connectivity index (χ1n) is 4.75. The topological polar surface area (TPSA) is 68.5 Å². The van der Waals surface area contributed by atoms with Crippen LogP contribution in [0.3, 0.4) is 0 Å². The second-order valence-corrected chi connectivity index (χ2v) is 3.56. The Morgan fingerprint density at radius 2 is 2.33 bits per heavy atom. The average molecular weight is 207 g/mol. The number of hydrogen-bond donors (Lipinski definition) is 1. The molecule has 5 nitrogen and oxygen atoms in total. The number of nitrogens with zero attached hydrogens (tertiary/aromatic N) is 2. The van der Waals surface area contributed by atoms with Crippen molar-refractivity contribution in [2.24, 2.45) is 5.73 Å². The maximum absolute atomic E-state index is 11.8. The van der Waals surface area contributed by atoms with Gasteiger partial charge in [0.05, 0.1) is 12.7 Å². The molecule has 1 fully saturated rings. The van der Waals surface area contributed by atoms with Crippen LogP contribution in [0.15, 0.2) is 18.3 Å². The summed E-state index contributed by atoms with van der Waals surface area (Å²) in [4.78, 5) is 17.4. The first kappa shape index (κ1) is 9.92. The summed E-state index contributed by atoms with van der Waals surface area (Å²) < 4.78 is 4.91. The summed E-state index contributed by atoms with van der Waals surface area (Å²) in [7, 11) is 1.54. The molecule has 2 N–H and O–H groups in total. The van der Waals surface area contributed by atoms with Gasteiger partial charge in [-0.05, 0) is 6.07 Å². The lowest BCUT2D eigenvalue weighted by Crippen LogP contribution is -2.57. The van der Waals surface area contributed by atoms with E-state index in [2.05, 4.69) is 4.98 Å². The predicted octanol–water partition coefficient (Wildman–Crippen LogP) is -0.127. The molecule has 0 bridgehead atoms. The minimum atomic E-state index is -0.0214. The first-order valence-corrected chi connectivity index (χ1v) is 4.75. The lowest BCUT2D eigenvalue weighted by Gasteiger charge is -2.36. The van der Waals surface area contributed by atoms with Crippen molar-refractivity contribution in [3.63, 3.8) is 0 Å². The minimum Gasteiger partial charge on any atom is -0.481 e. The van der Waals surface area contributed by atoms with Crippen LogP contribution in [-0.4, -0.2) is 42.0 Å². The fourth-order valence-corrected chi connectivity index (χ4v) is 1.49. The van der Waals surface area contributed by atoms with Gasteiger partial charge in [-0.15, -0.1) is 0 Å². The summed E-state index contributed by atoms with van der Waals surface area (Å²) in [6.45, 7) is 1.26. The zero-order valence-electron chi connectivity index (χ0n) is 8.51. The SMILES string of the molecule is COc1ccc(C(=O)N2CC(N)C2)cn1. The molecule has 80 valence electrons. The molecule has 0 unspecified atom stereocenters. The number of carbonyl (C=O) groups excluding carboxylic acids is 1. The number of aromatic nitrogens is 1. The van der Waals surface area contributed by atoms with Gasteiger partial charge in [0.2, 0.25) is 5.88 Å². The Morgan fingerprint density at radius 1 is 1.60 bits per heavy atom. The molecule has 1 aliphatic rings. The van der Waals surface area contributed by atoms with E-state index in [0.29, 0.717) is 24.5 Å². The zero-order valence-corrected chi connectivity index (χ0v) is 8.51. The molecule has 1 aromatic rings. The lowest BCUT2D eigenvalue weighted by molar-refractivity contribution is 0.0607. The van der Waals surface area contributed by atoms with Crippen molar-refractivity contribution in [3.05, 3.63) is 23.9 Å². The monoisotopic (exact) mass is 207 g/mol. The molecule has 1 aliphatic heterocycles. The van der Waals surface area contributed by atoms with Gasteiger partial charge in [0.15, 0.2) is 0 Å². The van der Waals surface area contributed by atoms with Crippen molar-refractivity contribution in [3.8, 4) is 5.88 Å². The molecular weight excluding hydrogens is 194 g/mol. The van der Waals surface area contributed by atoms with Crippen LogP contribution in [0, 0.1) is 0 Å². The van der Waals surface area contributed by atoms with Crippen molar-refractivity contribution >= 4 is 5.91 Å². The van der Waals surface area contributed by atoms with E-state index in [4.69, 9.17) is 10.5 Å². The van der Waals surface area contributed by atoms with E-state index in [-0.39, 0.29) is 11.9 Å². The normalized spacial score (nSPS) is 16.0. The maximum Gasteiger partial charge on any atom is 0.255 e. The van der Waals surface area contributed by atoms with Crippen LogP contribution in [0.2, 0.25) is 0 Å². The molecule has 0 atom stereocenters. The smallest absolute Gasteiger partial charge is 0.255 e. The van der Waals surface area contributed by atoms with Crippen molar-refractivity contribution < 1.29 is 9.53 Å². The Balaban J connectivity index is 2.06. The number of likely N-dealkylation sites (tertiary alicyclic amines) is 1. The third-order valence-corrected chi connectivity index (χ3v) is 2.39. The number of amides is 1. The molecule has 0 saturated carbocycles. The van der Waals surface area contributed by atoms with Gasteiger partial charge in [-0.25, -0.2) is 4.98 Å². The van der Waals surface area contributed by atoms with E-state index < -0.39 is 0 Å². The summed E-state index contributed by atoms with van der Waals surface area (Å²) in [6, 6.07) is 3.51. The molecule has 5 heteroatoms. The highest BCUT2D eigenvalue weighted by atomic mass is 16.5. The van der Waals surface area contributed by atoms with E-state index >= 15 is 0 Å². The van der Waals surface area contributed by atoms with Crippen LogP contribution >= 0.6 is 0 Å². The third-order valence-electron chi connectivity index (χ3n) is 2.39. The molecule has 0 aliphatic carbocycles. The second-order valence-electron chi connectivity index (χ2n) is 3.56. The van der Waals surface area contributed by atoms with Crippen molar-refractivity contribution in [1.82, 2.24) is 9.88 Å². The minimum absolute atomic E-state index is 0.0214. The molecule has 15 heavy (non-hydrogen) atoms. The standard InChI is InChI=1S/C10H13N3O2/c1-15-9-3-2-7(4-12-9)10(14)13-5-8(11)6-13/h2-4,8H,5-6,11H2,1H3. The molecule has 1 aromatic heterocycles.